The van der Waals surface area contributed by atoms with Gasteiger partial charge in [0.25, 0.3) is 0 Å². The third-order valence-electron chi connectivity index (χ3n) is 2.61. The van der Waals surface area contributed by atoms with Gasteiger partial charge in [-0.3, -0.25) is 4.79 Å². The molecule has 0 aliphatic heterocycles. The summed E-state index contributed by atoms with van der Waals surface area (Å²) in [5.74, 6) is -0.0837. The van der Waals surface area contributed by atoms with E-state index in [4.69, 9.17) is 0 Å². The van der Waals surface area contributed by atoms with Gasteiger partial charge in [0, 0.05) is 0 Å². The number of carbonyl (C=O) groups excluding carboxylic acids is 1. The summed E-state index contributed by atoms with van der Waals surface area (Å²) in [5.41, 5.74) is -1.58. The SMILES string of the molecule is CCC(Br)C(=O)NC(C)(C)C(C)(C)O. The van der Waals surface area contributed by atoms with Crippen LogP contribution in [-0.2, 0) is 4.79 Å². The van der Waals surface area contributed by atoms with Gasteiger partial charge in [-0.1, -0.05) is 22.9 Å². The Bertz CT molecular complexity index is 209. The second-order valence-corrected chi connectivity index (χ2v) is 5.65. The lowest BCUT2D eigenvalue weighted by molar-refractivity contribution is -0.125. The first-order valence-corrected chi connectivity index (χ1v) is 5.72. The summed E-state index contributed by atoms with van der Waals surface area (Å²) in [6.45, 7) is 8.90. The van der Waals surface area contributed by atoms with E-state index in [0.717, 1.165) is 6.42 Å². The van der Waals surface area contributed by atoms with E-state index in [2.05, 4.69) is 21.2 Å². The van der Waals surface area contributed by atoms with Crippen molar-refractivity contribution >= 4 is 21.8 Å². The Morgan fingerprint density at radius 1 is 1.43 bits per heavy atom. The molecular weight excluding hydrogens is 246 g/mol. The summed E-state index contributed by atoms with van der Waals surface area (Å²) in [4.78, 5) is 11.4. The van der Waals surface area contributed by atoms with Crippen molar-refractivity contribution < 1.29 is 9.90 Å². The smallest absolute Gasteiger partial charge is 0.234 e. The first kappa shape index (κ1) is 13.9. The van der Waals surface area contributed by atoms with Crippen molar-refractivity contribution in [2.24, 2.45) is 0 Å². The second kappa shape index (κ2) is 4.62. The molecule has 0 aromatic carbocycles. The van der Waals surface area contributed by atoms with Crippen LogP contribution >= 0.6 is 15.9 Å². The van der Waals surface area contributed by atoms with Gasteiger partial charge in [-0.05, 0) is 34.1 Å². The molecule has 2 N–H and O–H groups in total. The molecule has 0 aromatic rings. The molecule has 0 heterocycles. The number of nitrogens with one attached hydrogen (secondary N) is 1. The zero-order valence-electron chi connectivity index (χ0n) is 9.52. The standard InChI is InChI=1S/C10H20BrNO2/c1-6-7(11)8(13)12-9(2,3)10(4,5)14/h7,14H,6H2,1-5H3,(H,12,13). The first-order chi connectivity index (χ1) is 6.12. The molecule has 0 rings (SSSR count). The molecule has 0 aliphatic carbocycles. The van der Waals surface area contributed by atoms with Crippen LogP contribution in [0.4, 0.5) is 0 Å². The minimum atomic E-state index is -0.941. The molecule has 3 nitrogen and oxygen atoms in total. The van der Waals surface area contributed by atoms with E-state index in [1.54, 1.807) is 27.7 Å². The highest BCUT2D eigenvalue weighted by molar-refractivity contribution is 9.10. The fraction of sp³-hybridized carbons (Fsp3) is 0.900. The van der Waals surface area contributed by atoms with Crippen molar-refractivity contribution in [1.82, 2.24) is 5.32 Å². The number of hydrogen-bond donors (Lipinski definition) is 2. The molecule has 0 bridgehead atoms. The Morgan fingerprint density at radius 3 is 2.14 bits per heavy atom. The maximum atomic E-state index is 11.6. The number of amides is 1. The van der Waals surface area contributed by atoms with Crippen LogP contribution in [0.2, 0.25) is 0 Å². The van der Waals surface area contributed by atoms with Crippen molar-refractivity contribution in [2.75, 3.05) is 0 Å². The average molecular weight is 266 g/mol. The molecule has 0 radical (unpaired) electrons. The Hall–Kier alpha value is -0.0900. The Kier molecular flexibility index (Phi) is 4.59. The average Bonchev–Trinajstić information content (AvgIpc) is 2.00. The van der Waals surface area contributed by atoms with Crippen LogP contribution < -0.4 is 5.32 Å². The highest BCUT2D eigenvalue weighted by Gasteiger charge is 2.37. The maximum absolute atomic E-state index is 11.6. The molecule has 0 saturated heterocycles. The van der Waals surface area contributed by atoms with Gasteiger partial charge in [-0.2, -0.15) is 0 Å². The lowest BCUT2D eigenvalue weighted by Gasteiger charge is -2.38. The largest absolute Gasteiger partial charge is 0.388 e. The lowest BCUT2D eigenvalue weighted by atomic mass is 9.86. The quantitative estimate of drug-likeness (QED) is 0.763. The summed E-state index contributed by atoms with van der Waals surface area (Å²) in [6.07, 6.45) is 0.730. The van der Waals surface area contributed by atoms with Crippen LogP contribution in [0.15, 0.2) is 0 Å². The van der Waals surface area contributed by atoms with Crippen LogP contribution in [0, 0.1) is 0 Å². The van der Waals surface area contributed by atoms with Gasteiger partial charge >= 0.3 is 0 Å². The van der Waals surface area contributed by atoms with E-state index < -0.39 is 11.1 Å². The van der Waals surface area contributed by atoms with Crippen molar-refractivity contribution in [1.29, 1.82) is 0 Å². The van der Waals surface area contributed by atoms with Gasteiger partial charge < -0.3 is 10.4 Å². The molecule has 1 amide bonds. The Balaban J connectivity index is 4.45. The molecule has 1 unspecified atom stereocenters. The molecule has 0 aromatic heterocycles. The van der Waals surface area contributed by atoms with Crippen molar-refractivity contribution in [3.63, 3.8) is 0 Å². The van der Waals surface area contributed by atoms with Gasteiger partial charge in [0.2, 0.25) is 5.91 Å². The molecular formula is C10H20BrNO2. The van der Waals surface area contributed by atoms with Crippen molar-refractivity contribution in [3.8, 4) is 0 Å². The molecule has 1 atom stereocenters. The number of halogens is 1. The lowest BCUT2D eigenvalue weighted by Crippen LogP contribution is -2.59. The summed E-state index contributed by atoms with van der Waals surface area (Å²) in [7, 11) is 0. The predicted molar refractivity (Wildman–Crippen MR) is 61.5 cm³/mol. The van der Waals surface area contributed by atoms with Gasteiger partial charge in [0.1, 0.15) is 0 Å². The van der Waals surface area contributed by atoms with Crippen molar-refractivity contribution in [2.45, 2.75) is 57.0 Å². The zero-order chi connectivity index (χ0) is 11.6. The monoisotopic (exact) mass is 265 g/mol. The van der Waals surface area contributed by atoms with E-state index in [0.29, 0.717) is 0 Å². The number of rotatable bonds is 4. The molecule has 0 spiro atoms. The fourth-order valence-electron chi connectivity index (χ4n) is 0.725. The molecule has 84 valence electrons. The highest BCUT2D eigenvalue weighted by atomic mass is 79.9. The van der Waals surface area contributed by atoms with E-state index >= 15 is 0 Å². The molecule has 0 fully saturated rings. The van der Waals surface area contributed by atoms with E-state index in [1.165, 1.54) is 0 Å². The number of carbonyl (C=O) groups is 1. The van der Waals surface area contributed by atoms with E-state index in [-0.39, 0.29) is 10.7 Å². The zero-order valence-corrected chi connectivity index (χ0v) is 11.1. The summed E-state index contributed by atoms with van der Waals surface area (Å²) in [5, 5.41) is 12.6. The normalized spacial score (nSPS) is 15.1. The number of alkyl halides is 1. The minimum Gasteiger partial charge on any atom is -0.388 e. The van der Waals surface area contributed by atoms with Crippen LogP contribution in [0.5, 0.6) is 0 Å². The van der Waals surface area contributed by atoms with Gasteiger partial charge in [0.05, 0.1) is 16.0 Å². The predicted octanol–water partition coefficient (Wildman–Crippen LogP) is 1.83. The van der Waals surface area contributed by atoms with E-state index in [9.17, 15) is 9.90 Å². The third kappa shape index (κ3) is 3.58. The minimum absolute atomic E-state index is 0.0837. The summed E-state index contributed by atoms with van der Waals surface area (Å²) < 4.78 is 0. The number of aliphatic hydroxyl groups is 1. The highest BCUT2D eigenvalue weighted by Crippen LogP contribution is 2.21. The third-order valence-corrected chi connectivity index (χ3v) is 3.67. The maximum Gasteiger partial charge on any atom is 0.234 e. The van der Waals surface area contributed by atoms with Crippen LogP contribution in [0.1, 0.15) is 41.0 Å². The van der Waals surface area contributed by atoms with Gasteiger partial charge in [0.15, 0.2) is 0 Å². The van der Waals surface area contributed by atoms with Gasteiger partial charge in [-0.25, -0.2) is 0 Å². The van der Waals surface area contributed by atoms with Crippen LogP contribution in [0.25, 0.3) is 0 Å². The Labute approximate surface area is 94.4 Å². The van der Waals surface area contributed by atoms with Gasteiger partial charge in [-0.15, -0.1) is 0 Å². The Morgan fingerprint density at radius 2 is 1.86 bits per heavy atom. The fourth-order valence-corrected chi connectivity index (χ4v) is 0.839. The molecule has 14 heavy (non-hydrogen) atoms. The molecule has 4 heteroatoms. The van der Waals surface area contributed by atoms with Crippen LogP contribution in [0.3, 0.4) is 0 Å². The van der Waals surface area contributed by atoms with Crippen LogP contribution in [-0.4, -0.2) is 27.0 Å². The summed E-state index contributed by atoms with van der Waals surface area (Å²) >= 11 is 3.27. The topological polar surface area (TPSA) is 49.3 Å². The first-order valence-electron chi connectivity index (χ1n) is 4.80. The summed E-state index contributed by atoms with van der Waals surface area (Å²) in [6, 6.07) is 0. The molecule has 0 saturated carbocycles. The van der Waals surface area contributed by atoms with E-state index in [1.807, 2.05) is 6.92 Å². The second-order valence-electron chi connectivity index (χ2n) is 4.55. The number of hydrogen-bond acceptors (Lipinski definition) is 2. The molecule has 0 aliphatic rings. The van der Waals surface area contributed by atoms with Crippen molar-refractivity contribution in [3.05, 3.63) is 0 Å².